The minimum Gasteiger partial charge on any atom is -0.468 e. The molecule has 2 atom stereocenters. The van der Waals surface area contributed by atoms with Gasteiger partial charge in [-0.15, -0.1) is 0 Å². The lowest BCUT2D eigenvalue weighted by Gasteiger charge is -2.36. The molecule has 1 aliphatic rings. The molecule has 2 unspecified atom stereocenters. The van der Waals surface area contributed by atoms with Crippen molar-refractivity contribution in [2.45, 2.75) is 46.0 Å². The number of rotatable bonds is 5. The van der Waals surface area contributed by atoms with Gasteiger partial charge in [-0.1, -0.05) is 6.92 Å². The van der Waals surface area contributed by atoms with Gasteiger partial charge < -0.3 is 14.5 Å². The summed E-state index contributed by atoms with van der Waals surface area (Å²) in [5.41, 5.74) is 1.29. The lowest BCUT2D eigenvalue weighted by Crippen LogP contribution is -2.46. The first-order valence-electron chi connectivity index (χ1n) is 6.82. The van der Waals surface area contributed by atoms with E-state index >= 15 is 0 Å². The summed E-state index contributed by atoms with van der Waals surface area (Å²) in [5, 5.41) is 3.31. The molecule has 1 aliphatic heterocycles. The van der Waals surface area contributed by atoms with Gasteiger partial charge in [0.15, 0.2) is 0 Å². The zero-order valence-electron chi connectivity index (χ0n) is 11.6. The first kappa shape index (κ1) is 13.6. The summed E-state index contributed by atoms with van der Waals surface area (Å²) in [7, 11) is 0. The standard InChI is InChI=1S/C14H24N2O2/c1-4-15-7-14-13(5-6-17-14)9-16-8-12(3)18-10-11(16)2/h5-6,11-12,15H,4,7-10H2,1-3H3. The van der Waals surface area contributed by atoms with Gasteiger partial charge in [-0.2, -0.15) is 0 Å². The molecule has 0 saturated carbocycles. The van der Waals surface area contributed by atoms with Crippen LogP contribution in [-0.2, 0) is 17.8 Å². The molecule has 0 radical (unpaired) electrons. The molecule has 4 nitrogen and oxygen atoms in total. The molecular formula is C14H24N2O2. The zero-order chi connectivity index (χ0) is 13.0. The summed E-state index contributed by atoms with van der Waals surface area (Å²) in [4.78, 5) is 2.47. The van der Waals surface area contributed by atoms with Crippen LogP contribution in [-0.4, -0.2) is 36.7 Å². The molecule has 4 heteroatoms. The van der Waals surface area contributed by atoms with Gasteiger partial charge in [0.05, 0.1) is 25.5 Å². The molecule has 18 heavy (non-hydrogen) atoms. The smallest absolute Gasteiger partial charge is 0.122 e. The minimum atomic E-state index is 0.324. The number of morpholine rings is 1. The molecule has 0 bridgehead atoms. The molecule has 2 heterocycles. The quantitative estimate of drug-likeness (QED) is 0.870. The number of hydrogen-bond acceptors (Lipinski definition) is 4. The summed E-state index contributed by atoms with van der Waals surface area (Å²) in [6.07, 6.45) is 2.11. The van der Waals surface area contributed by atoms with E-state index in [1.54, 1.807) is 6.26 Å². The van der Waals surface area contributed by atoms with Crippen molar-refractivity contribution in [2.24, 2.45) is 0 Å². The Morgan fingerprint density at radius 2 is 2.28 bits per heavy atom. The van der Waals surface area contributed by atoms with E-state index in [1.807, 2.05) is 0 Å². The molecule has 2 rings (SSSR count). The molecule has 0 aromatic carbocycles. The van der Waals surface area contributed by atoms with E-state index in [1.165, 1.54) is 5.56 Å². The average molecular weight is 252 g/mol. The third kappa shape index (κ3) is 3.34. The Balaban J connectivity index is 1.97. The van der Waals surface area contributed by atoms with Crippen LogP contribution in [0, 0.1) is 0 Å². The highest BCUT2D eigenvalue weighted by Gasteiger charge is 2.24. The molecular weight excluding hydrogens is 228 g/mol. The van der Waals surface area contributed by atoms with Gasteiger partial charge in [0, 0.05) is 24.7 Å². The highest BCUT2D eigenvalue weighted by atomic mass is 16.5. The normalized spacial score (nSPS) is 25.5. The van der Waals surface area contributed by atoms with Crippen LogP contribution in [0.4, 0.5) is 0 Å². The van der Waals surface area contributed by atoms with Crippen molar-refractivity contribution in [1.82, 2.24) is 10.2 Å². The third-order valence-electron chi connectivity index (χ3n) is 3.48. The summed E-state index contributed by atoms with van der Waals surface area (Å²) in [5.74, 6) is 1.06. The van der Waals surface area contributed by atoms with Crippen LogP contribution < -0.4 is 5.32 Å². The predicted molar refractivity (Wildman–Crippen MR) is 71.4 cm³/mol. The molecule has 1 N–H and O–H groups in total. The second kappa shape index (κ2) is 6.36. The van der Waals surface area contributed by atoms with Gasteiger partial charge in [-0.25, -0.2) is 0 Å². The summed E-state index contributed by atoms with van der Waals surface area (Å²) in [6, 6.07) is 2.56. The highest BCUT2D eigenvalue weighted by molar-refractivity contribution is 5.17. The van der Waals surface area contributed by atoms with E-state index in [0.29, 0.717) is 12.1 Å². The Morgan fingerprint density at radius 1 is 1.44 bits per heavy atom. The average Bonchev–Trinajstić information content (AvgIpc) is 2.79. The second-order valence-electron chi connectivity index (χ2n) is 5.07. The summed E-state index contributed by atoms with van der Waals surface area (Å²) < 4.78 is 11.2. The SMILES string of the molecule is CCNCc1occc1CN1CC(C)OCC1C. The van der Waals surface area contributed by atoms with Crippen molar-refractivity contribution in [1.29, 1.82) is 0 Å². The predicted octanol–water partition coefficient (Wildman–Crippen LogP) is 2.00. The molecule has 1 fully saturated rings. The van der Waals surface area contributed by atoms with Gasteiger partial charge in [0.1, 0.15) is 5.76 Å². The molecule has 0 aliphatic carbocycles. The Morgan fingerprint density at radius 3 is 3.06 bits per heavy atom. The molecule has 102 valence electrons. The maximum absolute atomic E-state index is 5.66. The minimum absolute atomic E-state index is 0.324. The molecule has 1 saturated heterocycles. The zero-order valence-corrected chi connectivity index (χ0v) is 11.6. The Hall–Kier alpha value is -0.840. The van der Waals surface area contributed by atoms with Crippen LogP contribution in [0.2, 0.25) is 0 Å². The Kier molecular flexibility index (Phi) is 4.80. The number of nitrogens with zero attached hydrogens (tertiary/aromatic N) is 1. The van der Waals surface area contributed by atoms with Gasteiger partial charge >= 0.3 is 0 Å². The van der Waals surface area contributed by atoms with E-state index in [9.17, 15) is 0 Å². The van der Waals surface area contributed by atoms with Crippen LogP contribution >= 0.6 is 0 Å². The van der Waals surface area contributed by atoms with Gasteiger partial charge in [0.2, 0.25) is 0 Å². The molecule has 0 amide bonds. The molecule has 0 spiro atoms. The van der Waals surface area contributed by atoms with Crippen LogP contribution in [0.3, 0.4) is 0 Å². The van der Waals surface area contributed by atoms with Gasteiger partial charge in [0.25, 0.3) is 0 Å². The van der Waals surface area contributed by atoms with Crippen molar-refractivity contribution < 1.29 is 9.15 Å². The fraction of sp³-hybridized carbons (Fsp3) is 0.714. The van der Waals surface area contributed by atoms with E-state index in [0.717, 1.165) is 38.5 Å². The number of nitrogens with one attached hydrogen (secondary N) is 1. The monoisotopic (exact) mass is 252 g/mol. The summed E-state index contributed by atoms with van der Waals surface area (Å²) >= 11 is 0. The van der Waals surface area contributed by atoms with Crippen LogP contribution in [0.15, 0.2) is 16.7 Å². The summed E-state index contributed by atoms with van der Waals surface area (Å²) in [6.45, 7) is 11.0. The first-order valence-corrected chi connectivity index (χ1v) is 6.82. The lowest BCUT2D eigenvalue weighted by molar-refractivity contribution is -0.0528. The van der Waals surface area contributed by atoms with Crippen molar-refractivity contribution in [3.05, 3.63) is 23.7 Å². The van der Waals surface area contributed by atoms with Crippen molar-refractivity contribution >= 4 is 0 Å². The van der Waals surface area contributed by atoms with E-state index in [4.69, 9.17) is 9.15 Å². The van der Waals surface area contributed by atoms with Crippen LogP contribution in [0.25, 0.3) is 0 Å². The topological polar surface area (TPSA) is 37.6 Å². The third-order valence-corrected chi connectivity index (χ3v) is 3.48. The van der Waals surface area contributed by atoms with Crippen LogP contribution in [0.1, 0.15) is 32.1 Å². The first-order chi connectivity index (χ1) is 8.70. The van der Waals surface area contributed by atoms with Crippen molar-refractivity contribution in [3.63, 3.8) is 0 Å². The maximum atomic E-state index is 5.66. The number of hydrogen-bond donors (Lipinski definition) is 1. The molecule has 1 aromatic rings. The molecule has 1 aromatic heterocycles. The van der Waals surface area contributed by atoms with Crippen LogP contribution in [0.5, 0.6) is 0 Å². The van der Waals surface area contributed by atoms with Gasteiger partial charge in [-0.3, -0.25) is 4.90 Å². The van der Waals surface area contributed by atoms with E-state index < -0.39 is 0 Å². The number of ether oxygens (including phenoxy) is 1. The Bertz CT molecular complexity index is 364. The fourth-order valence-corrected chi connectivity index (χ4v) is 2.31. The van der Waals surface area contributed by atoms with E-state index in [2.05, 4.69) is 37.1 Å². The lowest BCUT2D eigenvalue weighted by atomic mass is 10.1. The fourth-order valence-electron chi connectivity index (χ4n) is 2.31. The second-order valence-corrected chi connectivity index (χ2v) is 5.07. The maximum Gasteiger partial charge on any atom is 0.122 e. The largest absolute Gasteiger partial charge is 0.468 e. The van der Waals surface area contributed by atoms with Crippen molar-refractivity contribution in [2.75, 3.05) is 19.7 Å². The van der Waals surface area contributed by atoms with Gasteiger partial charge in [-0.05, 0) is 26.5 Å². The number of furan rings is 1. The van der Waals surface area contributed by atoms with E-state index in [-0.39, 0.29) is 0 Å². The Labute approximate surface area is 109 Å². The highest BCUT2D eigenvalue weighted by Crippen LogP contribution is 2.18. The van der Waals surface area contributed by atoms with Crippen molar-refractivity contribution in [3.8, 4) is 0 Å².